The van der Waals surface area contributed by atoms with Crippen LogP contribution in [0.1, 0.15) is 39.5 Å². The molecule has 0 radical (unpaired) electrons. The van der Waals surface area contributed by atoms with Gasteiger partial charge in [-0.1, -0.05) is 15.9 Å². The maximum Gasteiger partial charge on any atom is 0.327 e. The Morgan fingerprint density at radius 3 is 2.32 bits per heavy atom. The zero-order valence-corrected chi connectivity index (χ0v) is 16.3. The van der Waals surface area contributed by atoms with Crippen LogP contribution < -0.4 is 0 Å². The van der Waals surface area contributed by atoms with E-state index in [1.807, 2.05) is 0 Å². The third-order valence-electron chi connectivity index (χ3n) is 4.11. The van der Waals surface area contributed by atoms with Crippen molar-refractivity contribution in [2.75, 3.05) is 25.1 Å². The molecule has 0 spiro atoms. The fourth-order valence-electron chi connectivity index (χ4n) is 2.83. The minimum atomic E-state index is -1.56. The number of rotatable bonds is 10. The molecule has 25 heavy (non-hydrogen) atoms. The number of hydrogen-bond acceptors (Lipinski definition) is 6. The smallest absolute Gasteiger partial charge is 0.327 e. The largest absolute Gasteiger partial charge is 0.480 e. The lowest BCUT2D eigenvalue weighted by Crippen LogP contribution is -2.41. The number of ether oxygens (including phenoxy) is 2. The Morgan fingerprint density at radius 2 is 1.84 bits per heavy atom. The van der Waals surface area contributed by atoms with Gasteiger partial charge in [-0.2, -0.15) is 0 Å². The first kappa shape index (κ1) is 21.5. The Hall–Kier alpha value is -1.57. The van der Waals surface area contributed by atoms with Gasteiger partial charge in [0.2, 0.25) is 0 Å². The summed E-state index contributed by atoms with van der Waals surface area (Å²) in [4.78, 5) is 38.1. The summed E-state index contributed by atoms with van der Waals surface area (Å²) in [5.41, 5.74) is -1.56. The third kappa shape index (κ3) is 5.45. The minimum Gasteiger partial charge on any atom is -0.480 e. The summed E-state index contributed by atoms with van der Waals surface area (Å²) in [7, 11) is 0. The summed E-state index contributed by atoms with van der Waals surface area (Å²) in [5.74, 6) is -2.26. The lowest BCUT2D eigenvalue weighted by molar-refractivity contribution is -0.168. The Bertz CT molecular complexity index is 489. The molecule has 1 saturated heterocycles. The van der Waals surface area contributed by atoms with Gasteiger partial charge in [-0.3, -0.25) is 9.59 Å². The molecule has 0 aliphatic carbocycles. The summed E-state index contributed by atoms with van der Waals surface area (Å²) in [6.45, 7) is 4.19. The zero-order chi connectivity index (χ0) is 18.9. The molecule has 0 bridgehead atoms. The van der Waals surface area contributed by atoms with Crippen molar-refractivity contribution in [2.24, 2.45) is 5.41 Å². The van der Waals surface area contributed by atoms with Gasteiger partial charge in [-0.05, 0) is 51.8 Å². The minimum absolute atomic E-state index is 0.142. The Morgan fingerprint density at radius 1 is 1.24 bits per heavy atom. The van der Waals surface area contributed by atoms with Gasteiger partial charge in [0.1, 0.15) is 6.04 Å². The summed E-state index contributed by atoms with van der Waals surface area (Å²) < 4.78 is 10.2. The topological polar surface area (TPSA) is 93.1 Å². The number of halogens is 1. The number of hydrogen-bond donors (Lipinski definition) is 1. The van der Waals surface area contributed by atoms with Crippen LogP contribution in [0.15, 0.2) is 12.3 Å². The number of carboxylic acids is 1. The standard InChI is InChI=1S/C17H26BrNO6/c1-3-24-15(22)17(8-6-10-18,16(23)25-4-2)9-12-19-11-5-7-13(19)14(20)21/h9,12-13H,3-8,10-11H2,1-2H3,(H,20,21)/b12-9+/t13-/m0/s1. The van der Waals surface area contributed by atoms with E-state index in [0.29, 0.717) is 24.7 Å². The van der Waals surface area contributed by atoms with Crippen LogP contribution in [-0.2, 0) is 23.9 Å². The Kier molecular flexibility index (Phi) is 8.96. The molecule has 0 saturated carbocycles. The zero-order valence-electron chi connectivity index (χ0n) is 14.7. The van der Waals surface area contributed by atoms with E-state index in [1.165, 1.54) is 12.3 Å². The van der Waals surface area contributed by atoms with Crippen LogP contribution in [0.25, 0.3) is 0 Å². The highest BCUT2D eigenvalue weighted by Crippen LogP contribution is 2.31. The highest BCUT2D eigenvalue weighted by Gasteiger charge is 2.46. The van der Waals surface area contributed by atoms with Crippen molar-refractivity contribution >= 4 is 33.8 Å². The van der Waals surface area contributed by atoms with Crippen LogP contribution in [0.5, 0.6) is 0 Å². The van der Waals surface area contributed by atoms with Crippen LogP contribution in [-0.4, -0.2) is 59.0 Å². The van der Waals surface area contributed by atoms with Crippen LogP contribution in [0.2, 0.25) is 0 Å². The molecule has 1 aliphatic rings. The average molecular weight is 420 g/mol. The van der Waals surface area contributed by atoms with E-state index in [2.05, 4.69) is 15.9 Å². The van der Waals surface area contributed by atoms with Crippen molar-refractivity contribution in [2.45, 2.75) is 45.6 Å². The van der Waals surface area contributed by atoms with E-state index < -0.39 is 29.4 Å². The molecular weight excluding hydrogens is 394 g/mol. The molecule has 8 heteroatoms. The van der Waals surface area contributed by atoms with Gasteiger partial charge >= 0.3 is 17.9 Å². The number of carbonyl (C=O) groups is 3. The number of alkyl halides is 1. The van der Waals surface area contributed by atoms with Crippen molar-refractivity contribution in [1.29, 1.82) is 0 Å². The van der Waals surface area contributed by atoms with E-state index >= 15 is 0 Å². The van der Waals surface area contributed by atoms with E-state index in [-0.39, 0.29) is 19.6 Å². The van der Waals surface area contributed by atoms with E-state index in [9.17, 15) is 19.5 Å². The molecule has 1 N–H and O–H groups in total. The van der Waals surface area contributed by atoms with Crippen molar-refractivity contribution in [1.82, 2.24) is 4.90 Å². The molecule has 0 aromatic carbocycles. The van der Waals surface area contributed by atoms with Crippen molar-refractivity contribution in [3.8, 4) is 0 Å². The van der Waals surface area contributed by atoms with Crippen molar-refractivity contribution < 1.29 is 29.0 Å². The summed E-state index contributed by atoms with van der Waals surface area (Å²) in [5, 5.41) is 9.89. The van der Waals surface area contributed by atoms with E-state index in [4.69, 9.17) is 9.47 Å². The van der Waals surface area contributed by atoms with Gasteiger partial charge < -0.3 is 19.5 Å². The molecule has 0 aromatic heterocycles. The molecule has 1 aliphatic heterocycles. The maximum atomic E-state index is 12.6. The fourth-order valence-corrected chi connectivity index (χ4v) is 3.11. The predicted molar refractivity (Wildman–Crippen MR) is 95.2 cm³/mol. The summed E-state index contributed by atoms with van der Waals surface area (Å²) in [6.07, 6.45) is 5.05. The van der Waals surface area contributed by atoms with Gasteiger partial charge in [0.05, 0.1) is 13.2 Å². The molecule has 1 atom stereocenters. The molecule has 1 heterocycles. The molecule has 1 fully saturated rings. The maximum absolute atomic E-state index is 12.6. The summed E-state index contributed by atoms with van der Waals surface area (Å²) >= 11 is 3.31. The lowest BCUT2D eigenvalue weighted by Gasteiger charge is -2.27. The van der Waals surface area contributed by atoms with Gasteiger partial charge in [-0.15, -0.1) is 0 Å². The van der Waals surface area contributed by atoms with Crippen molar-refractivity contribution in [3.05, 3.63) is 12.3 Å². The first-order chi connectivity index (χ1) is 11.9. The van der Waals surface area contributed by atoms with Gasteiger partial charge in [0.25, 0.3) is 0 Å². The molecule has 142 valence electrons. The van der Waals surface area contributed by atoms with Crippen molar-refractivity contribution in [3.63, 3.8) is 0 Å². The second-order valence-corrected chi connectivity index (χ2v) is 6.55. The number of esters is 2. The molecule has 0 unspecified atom stereocenters. The van der Waals surface area contributed by atoms with Crippen LogP contribution in [0.3, 0.4) is 0 Å². The van der Waals surface area contributed by atoms with Gasteiger partial charge in [0.15, 0.2) is 5.41 Å². The van der Waals surface area contributed by atoms with E-state index in [0.717, 1.165) is 6.42 Å². The molecule has 1 rings (SSSR count). The SMILES string of the molecule is CCOC(=O)C(/C=C/N1CCC[C@H]1C(=O)O)(CCCBr)C(=O)OCC. The lowest BCUT2D eigenvalue weighted by atomic mass is 9.83. The number of aliphatic carboxylic acids is 1. The highest BCUT2D eigenvalue weighted by molar-refractivity contribution is 9.09. The highest BCUT2D eigenvalue weighted by atomic mass is 79.9. The summed E-state index contributed by atoms with van der Waals surface area (Å²) in [6, 6.07) is -0.644. The van der Waals surface area contributed by atoms with Crippen LogP contribution >= 0.6 is 15.9 Å². The molecular formula is C17H26BrNO6. The molecule has 0 amide bonds. The van der Waals surface area contributed by atoms with Crippen LogP contribution in [0.4, 0.5) is 0 Å². The quantitative estimate of drug-likeness (QED) is 0.329. The first-order valence-electron chi connectivity index (χ1n) is 8.51. The second-order valence-electron chi connectivity index (χ2n) is 5.75. The molecule has 0 aromatic rings. The number of nitrogens with zero attached hydrogens (tertiary/aromatic N) is 1. The Labute approximate surface area is 156 Å². The first-order valence-corrected chi connectivity index (χ1v) is 9.63. The van der Waals surface area contributed by atoms with E-state index in [1.54, 1.807) is 18.7 Å². The number of carbonyl (C=O) groups excluding carboxylic acids is 2. The number of likely N-dealkylation sites (tertiary alicyclic amines) is 1. The monoisotopic (exact) mass is 419 g/mol. The molecule has 7 nitrogen and oxygen atoms in total. The van der Waals surface area contributed by atoms with Gasteiger partial charge in [0, 0.05) is 11.9 Å². The third-order valence-corrected chi connectivity index (χ3v) is 4.67. The van der Waals surface area contributed by atoms with Crippen LogP contribution in [0, 0.1) is 5.41 Å². The average Bonchev–Trinajstić information content (AvgIpc) is 3.04. The Balaban J connectivity index is 3.17. The normalized spacial score (nSPS) is 17.7. The fraction of sp³-hybridized carbons (Fsp3) is 0.706. The predicted octanol–water partition coefficient (Wildman–Crippen LogP) is 2.34. The van der Waals surface area contributed by atoms with Gasteiger partial charge in [-0.25, -0.2) is 4.79 Å². The number of carboxylic acid groups (broad SMARTS) is 1. The second kappa shape index (κ2) is 10.4.